The molecule has 1 aliphatic heterocycles. The summed E-state index contributed by atoms with van der Waals surface area (Å²) in [6.07, 6.45) is 0.548. The lowest BCUT2D eigenvalue weighted by molar-refractivity contribution is -0.144. The summed E-state index contributed by atoms with van der Waals surface area (Å²) < 4.78 is 5.46. The fourth-order valence-corrected chi connectivity index (χ4v) is 2.24. The predicted octanol–water partition coefficient (Wildman–Crippen LogP) is 0.435. The molecule has 108 valence electrons. The van der Waals surface area contributed by atoms with Gasteiger partial charge in [0.2, 0.25) is 5.91 Å². The summed E-state index contributed by atoms with van der Waals surface area (Å²) >= 11 is 0. The minimum Gasteiger partial charge on any atom is -0.479 e. The van der Waals surface area contributed by atoms with Gasteiger partial charge in [0.05, 0.1) is 6.10 Å². The first kappa shape index (κ1) is 14.5. The Kier molecular flexibility index (Phi) is 4.70. The molecule has 1 aromatic rings. The molecule has 0 saturated carbocycles. The quantitative estimate of drug-likeness (QED) is 0.725. The maximum atomic E-state index is 12.1. The van der Waals surface area contributed by atoms with Crippen molar-refractivity contribution < 1.29 is 19.4 Å². The normalized spacial score (nSPS) is 23.2. The van der Waals surface area contributed by atoms with Crippen LogP contribution in [-0.2, 0) is 14.3 Å². The summed E-state index contributed by atoms with van der Waals surface area (Å²) in [7, 11) is 0. The molecule has 2 rings (SSSR count). The fraction of sp³-hybridized carbons (Fsp3) is 0.429. The lowest BCUT2D eigenvalue weighted by Gasteiger charge is -2.18. The van der Waals surface area contributed by atoms with Crippen molar-refractivity contribution in [2.45, 2.75) is 31.1 Å². The lowest BCUT2D eigenvalue weighted by Crippen LogP contribution is -2.40. The van der Waals surface area contributed by atoms with Crippen molar-refractivity contribution in [3.63, 3.8) is 0 Å². The second-order valence-electron chi connectivity index (χ2n) is 4.75. The molecule has 0 spiro atoms. The van der Waals surface area contributed by atoms with Crippen LogP contribution in [0, 0.1) is 0 Å². The van der Waals surface area contributed by atoms with Crippen molar-refractivity contribution in [1.82, 2.24) is 5.32 Å². The van der Waals surface area contributed by atoms with E-state index in [0.29, 0.717) is 18.5 Å². The number of carbonyl (C=O) groups excluding carboxylic acids is 1. The molecule has 1 amide bonds. The molecular formula is C14H18N2O4. The van der Waals surface area contributed by atoms with Gasteiger partial charge in [-0.25, -0.2) is 4.79 Å². The Morgan fingerprint density at radius 2 is 2.05 bits per heavy atom. The van der Waals surface area contributed by atoms with Crippen LogP contribution in [0.1, 0.15) is 24.4 Å². The number of carbonyl (C=O) groups is 2. The molecule has 0 aliphatic carbocycles. The van der Waals surface area contributed by atoms with Gasteiger partial charge in [-0.1, -0.05) is 30.3 Å². The van der Waals surface area contributed by atoms with Crippen LogP contribution < -0.4 is 11.1 Å². The Morgan fingerprint density at radius 3 is 2.60 bits per heavy atom. The second kappa shape index (κ2) is 6.49. The van der Waals surface area contributed by atoms with Crippen LogP contribution in [0.2, 0.25) is 0 Å². The third kappa shape index (κ3) is 3.34. The van der Waals surface area contributed by atoms with E-state index in [4.69, 9.17) is 10.5 Å². The zero-order chi connectivity index (χ0) is 14.5. The molecule has 0 aromatic heterocycles. The summed E-state index contributed by atoms with van der Waals surface area (Å²) in [4.78, 5) is 23.3. The van der Waals surface area contributed by atoms with Crippen LogP contribution in [-0.4, -0.2) is 35.7 Å². The molecule has 3 unspecified atom stereocenters. The zero-order valence-corrected chi connectivity index (χ0v) is 11.0. The van der Waals surface area contributed by atoms with Crippen molar-refractivity contribution in [2.24, 2.45) is 5.73 Å². The molecule has 3 atom stereocenters. The predicted molar refractivity (Wildman–Crippen MR) is 71.9 cm³/mol. The fourth-order valence-electron chi connectivity index (χ4n) is 2.24. The van der Waals surface area contributed by atoms with E-state index in [1.165, 1.54) is 0 Å². The SMILES string of the molecule is NCC1CCC(C(=O)NC(C(=O)O)c2ccccc2)O1. The molecule has 1 fully saturated rings. The Hall–Kier alpha value is -1.92. The van der Waals surface area contributed by atoms with Crippen molar-refractivity contribution in [2.75, 3.05) is 6.54 Å². The van der Waals surface area contributed by atoms with Crippen molar-refractivity contribution in [3.05, 3.63) is 35.9 Å². The van der Waals surface area contributed by atoms with Crippen molar-refractivity contribution >= 4 is 11.9 Å². The molecule has 0 bridgehead atoms. The number of hydrogen-bond donors (Lipinski definition) is 3. The van der Waals surface area contributed by atoms with E-state index < -0.39 is 24.0 Å². The molecule has 6 heteroatoms. The number of carboxylic acids is 1. The van der Waals surface area contributed by atoms with Gasteiger partial charge in [-0.05, 0) is 18.4 Å². The largest absolute Gasteiger partial charge is 0.479 e. The van der Waals surface area contributed by atoms with Gasteiger partial charge in [-0.2, -0.15) is 0 Å². The first-order valence-electron chi connectivity index (χ1n) is 6.55. The van der Waals surface area contributed by atoms with E-state index in [-0.39, 0.29) is 6.10 Å². The van der Waals surface area contributed by atoms with E-state index in [1.807, 2.05) is 0 Å². The monoisotopic (exact) mass is 278 g/mol. The van der Waals surface area contributed by atoms with Crippen LogP contribution >= 0.6 is 0 Å². The van der Waals surface area contributed by atoms with Crippen molar-refractivity contribution in [1.29, 1.82) is 0 Å². The molecule has 1 aromatic carbocycles. The number of ether oxygens (including phenoxy) is 1. The molecule has 0 radical (unpaired) electrons. The zero-order valence-electron chi connectivity index (χ0n) is 11.0. The van der Waals surface area contributed by atoms with E-state index in [9.17, 15) is 14.7 Å². The Balaban J connectivity index is 2.02. The molecule has 4 N–H and O–H groups in total. The van der Waals surface area contributed by atoms with Crippen LogP contribution in [0.4, 0.5) is 0 Å². The third-order valence-corrected chi connectivity index (χ3v) is 3.33. The number of benzene rings is 1. The lowest BCUT2D eigenvalue weighted by atomic mass is 10.1. The minimum atomic E-state index is -1.10. The second-order valence-corrected chi connectivity index (χ2v) is 4.75. The van der Waals surface area contributed by atoms with Gasteiger partial charge in [-0.3, -0.25) is 4.79 Å². The topological polar surface area (TPSA) is 102 Å². The molecule has 1 heterocycles. The standard InChI is InChI=1S/C14H18N2O4/c15-8-10-6-7-11(20-10)13(17)16-12(14(18)19)9-4-2-1-3-5-9/h1-5,10-12H,6-8,15H2,(H,16,17)(H,18,19). The van der Waals surface area contributed by atoms with E-state index >= 15 is 0 Å². The van der Waals surface area contributed by atoms with Crippen LogP contribution in [0.15, 0.2) is 30.3 Å². The Morgan fingerprint density at radius 1 is 1.35 bits per heavy atom. The Bertz CT molecular complexity index is 477. The van der Waals surface area contributed by atoms with Gasteiger partial charge in [-0.15, -0.1) is 0 Å². The number of nitrogens with one attached hydrogen (secondary N) is 1. The highest BCUT2D eigenvalue weighted by Gasteiger charge is 2.32. The smallest absolute Gasteiger partial charge is 0.330 e. The first-order chi connectivity index (χ1) is 9.61. The molecule has 6 nitrogen and oxygen atoms in total. The highest BCUT2D eigenvalue weighted by atomic mass is 16.5. The first-order valence-corrected chi connectivity index (χ1v) is 6.55. The van der Waals surface area contributed by atoms with Crippen LogP contribution in [0.3, 0.4) is 0 Å². The number of amides is 1. The minimum absolute atomic E-state index is 0.120. The van der Waals surface area contributed by atoms with Gasteiger partial charge in [0.1, 0.15) is 6.10 Å². The van der Waals surface area contributed by atoms with Crippen molar-refractivity contribution in [3.8, 4) is 0 Å². The number of nitrogens with two attached hydrogens (primary N) is 1. The van der Waals surface area contributed by atoms with E-state index in [2.05, 4.69) is 5.32 Å². The maximum absolute atomic E-state index is 12.1. The van der Waals surface area contributed by atoms with E-state index in [0.717, 1.165) is 6.42 Å². The summed E-state index contributed by atoms with van der Waals surface area (Å²) in [6, 6.07) is 7.51. The summed E-state index contributed by atoms with van der Waals surface area (Å²) in [5.74, 6) is -1.50. The Labute approximate surface area is 116 Å². The molecule has 20 heavy (non-hydrogen) atoms. The summed E-state index contributed by atoms with van der Waals surface area (Å²) in [5.41, 5.74) is 6.02. The molecule has 1 aliphatic rings. The van der Waals surface area contributed by atoms with Gasteiger partial charge in [0.25, 0.3) is 0 Å². The number of aliphatic carboxylic acids is 1. The average molecular weight is 278 g/mol. The molecular weight excluding hydrogens is 260 g/mol. The van der Waals surface area contributed by atoms with Gasteiger partial charge >= 0.3 is 5.97 Å². The van der Waals surface area contributed by atoms with Gasteiger partial charge < -0.3 is 20.9 Å². The van der Waals surface area contributed by atoms with Crippen LogP contribution in [0.25, 0.3) is 0 Å². The van der Waals surface area contributed by atoms with Gasteiger partial charge in [0, 0.05) is 6.54 Å². The highest BCUT2D eigenvalue weighted by Crippen LogP contribution is 2.20. The number of rotatable bonds is 5. The summed E-state index contributed by atoms with van der Waals surface area (Å²) in [5, 5.41) is 11.8. The molecule has 1 saturated heterocycles. The van der Waals surface area contributed by atoms with E-state index in [1.54, 1.807) is 30.3 Å². The highest BCUT2D eigenvalue weighted by molar-refractivity contribution is 5.87. The number of carboxylic acid groups (broad SMARTS) is 1. The third-order valence-electron chi connectivity index (χ3n) is 3.33. The average Bonchev–Trinajstić information content (AvgIpc) is 2.94. The summed E-state index contributed by atoms with van der Waals surface area (Å²) in [6.45, 7) is 0.366. The number of hydrogen-bond acceptors (Lipinski definition) is 4. The van der Waals surface area contributed by atoms with Gasteiger partial charge in [0.15, 0.2) is 6.04 Å². The van der Waals surface area contributed by atoms with Crippen LogP contribution in [0.5, 0.6) is 0 Å². The maximum Gasteiger partial charge on any atom is 0.330 e.